The van der Waals surface area contributed by atoms with Crippen LogP contribution >= 0.6 is 0 Å². The lowest BCUT2D eigenvalue weighted by Gasteiger charge is -2.45. The Balaban J connectivity index is 1.52. The van der Waals surface area contributed by atoms with E-state index in [2.05, 4.69) is 17.0 Å². The highest BCUT2D eigenvalue weighted by Crippen LogP contribution is 2.34. The highest BCUT2D eigenvalue weighted by atomic mass is 16.6. The molecule has 0 spiro atoms. The summed E-state index contributed by atoms with van der Waals surface area (Å²) < 4.78 is 5.03. The maximum Gasteiger partial charge on any atom is 0.409 e. The van der Waals surface area contributed by atoms with Crippen LogP contribution in [0.15, 0.2) is 30.3 Å². The molecule has 0 N–H and O–H groups in total. The van der Waals surface area contributed by atoms with Crippen molar-refractivity contribution < 1.29 is 14.3 Å². The van der Waals surface area contributed by atoms with Gasteiger partial charge in [0.15, 0.2) is 0 Å². The molecule has 2 heterocycles. The van der Waals surface area contributed by atoms with Crippen molar-refractivity contribution in [1.29, 1.82) is 0 Å². The quantitative estimate of drug-likeness (QED) is 0.793. The lowest BCUT2D eigenvalue weighted by molar-refractivity contribution is -0.150. The summed E-state index contributed by atoms with van der Waals surface area (Å²) in [6.45, 7) is 5.68. The number of β-lactam (4-membered cyclic amide) rings is 1. The standard InChI is InChI=1S/C17H23N3O3/c1-2-23-17(22)19-10-8-18(9-11-19)13-20-15(12-16(20)21)14-6-4-3-5-7-14/h3-7,15H,2,8-13H2,1H3/t15-/m1/s1. The number of benzene rings is 1. The summed E-state index contributed by atoms with van der Waals surface area (Å²) in [6, 6.07) is 10.3. The molecule has 2 aliphatic rings. The van der Waals surface area contributed by atoms with Gasteiger partial charge in [-0.15, -0.1) is 0 Å². The topological polar surface area (TPSA) is 53.1 Å². The first-order valence-corrected chi connectivity index (χ1v) is 8.17. The second kappa shape index (κ2) is 7.00. The van der Waals surface area contributed by atoms with Gasteiger partial charge in [0, 0.05) is 26.2 Å². The maximum atomic E-state index is 12.0. The first-order chi connectivity index (χ1) is 11.2. The Morgan fingerprint density at radius 1 is 1.17 bits per heavy atom. The molecule has 0 saturated carbocycles. The van der Waals surface area contributed by atoms with Crippen LogP contribution in [0.5, 0.6) is 0 Å². The average Bonchev–Trinajstić information content (AvgIpc) is 2.59. The third-order valence-corrected chi connectivity index (χ3v) is 4.50. The summed E-state index contributed by atoms with van der Waals surface area (Å²) in [5.41, 5.74) is 1.19. The van der Waals surface area contributed by atoms with Crippen molar-refractivity contribution in [3.05, 3.63) is 35.9 Å². The number of likely N-dealkylation sites (tertiary alicyclic amines) is 1. The fourth-order valence-corrected chi connectivity index (χ4v) is 3.11. The highest BCUT2D eigenvalue weighted by Gasteiger charge is 2.38. The minimum atomic E-state index is -0.241. The third kappa shape index (κ3) is 3.47. The fraction of sp³-hybridized carbons (Fsp3) is 0.529. The largest absolute Gasteiger partial charge is 0.450 e. The fourth-order valence-electron chi connectivity index (χ4n) is 3.11. The van der Waals surface area contributed by atoms with Crippen LogP contribution < -0.4 is 0 Å². The number of carbonyl (C=O) groups is 2. The Morgan fingerprint density at radius 3 is 2.48 bits per heavy atom. The molecule has 0 aliphatic carbocycles. The lowest BCUT2D eigenvalue weighted by atomic mass is 9.94. The summed E-state index contributed by atoms with van der Waals surface area (Å²) in [6.07, 6.45) is 0.349. The van der Waals surface area contributed by atoms with Crippen molar-refractivity contribution in [2.45, 2.75) is 19.4 Å². The Hall–Kier alpha value is -2.08. The molecule has 0 bridgehead atoms. The van der Waals surface area contributed by atoms with Crippen molar-refractivity contribution in [3.8, 4) is 0 Å². The Bertz CT molecular complexity index is 555. The molecule has 2 fully saturated rings. The van der Waals surface area contributed by atoms with E-state index in [0.717, 1.165) is 13.1 Å². The molecular formula is C17H23N3O3. The monoisotopic (exact) mass is 317 g/mol. The summed E-state index contributed by atoms with van der Waals surface area (Å²) >= 11 is 0. The number of amides is 2. The normalized spacial score (nSPS) is 22.0. The van der Waals surface area contributed by atoms with Crippen molar-refractivity contribution in [2.24, 2.45) is 0 Å². The summed E-state index contributed by atoms with van der Waals surface area (Å²) in [5, 5.41) is 0. The Labute approximate surface area is 136 Å². The first-order valence-electron chi connectivity index (χ1n) is 8.17. The predicted molar refractivity (Wildman–Crippen MR) is 85.7 cm³/mol. The molecule has 1 atom stereocenters. The van der Waals surface area contributed by atoms with E-state index in [9.17, 15) is 9.59 Å². The molecular weight excluding hydrogens is 294 g/mol. The van der Waals surface area contributed by atoms with Gasteiger partial charge in [-0.05, 0) is 12.5 Å². The first kappa shape index (κ1) is 15.8. The van der Waals surface area contributed by atoms with Gasteiger partial charge >= 0.3 is 6.09 Å². The smallest absolute Gasteiger partial charge is 0.409 e. The molecule has 2 amide bonds. The van der Waals surface area contributed by atoms with Crippen LogP contribution in [0.4, 0.5) is 4.79 Å². The van der Waals surface area contributed by atoms with Crippen molar-refractivity contribution in [1.82, 2.24) is 14.7 Å². The molecule has 0 radical (unpaired) electrons. The molecule has 23 heavy (non-hydrogen) atoms. The number of carbonyl (C=O) groups excluding carboxylic acids is 2. The van der Waals surface area contributed by atoms with Gasteiger partial charge in [0.25, 0.3) is 0 Å². The number of ether oxygens (including phenoxy) is 1. The van der Waals surface area contributed by atoms with Crippen molar-refractivity contribution in [3.63, 3.8) is 0 Å². The van der Waals surface area contributed by atoms with Crippen LogP contribution in [-0.4, -0.2) is 66.2 Å². The number of hydrogen-bond donors (Lipinski definition) is 0. The van der Waals surface area contributed by atoms with Crippen molar-refractivity contribution >= 4 is 12.0 Å². The number of piperazine rings is 1. The summed E-state index contributed by atoms with van der Waals surface area (Å²) in [7, 11) is 0. The van der Waals surface area contributed by atoms with E-state index in [1.807, 2.05) is 30.0 Å². The van der Waals surface area contributed by atoms with E-state index in [1.54, 1.807) is 4.90 Å². The van der Waals surface area contributed by atoms with Gasteiger partial charge in [0.1, 0.15) is 0 Å². The van der Waals surface area contributed by atoms with E-state index in [1.165, 1.54) is 5.56 Å². The van der Waals surface area contributed by atoms with Gasteiger partial charge in [-0.25, -0.2) is 4.79 Å². The second-order valence-electron chi connectivity index (χ2n) is 5.94. The molecule has 1 aromatic carbocycles. The summed E-state index contributed by atoms with van der Waals surface area (Å²) in [4.78, 5) is 29.5. The van der Waals surface area contributed by atoms with Crippen molar-refractivity contribution in [2.75, 3.05) is 39.5 Å². The minimum absolute atomic E-state index is 0.187. The Morgan fingerprint density at radius 2 is 1.87 bits per heavy atom. The Kier molecular flexibility index (Phi) is 4.81. The van der Waals surface area contributed by atoms with Crippen LogP contribution in [0.1, 0.15) is 24.9 Å². The summed E-state index contributed by atoms with van der Waals surface area (Å²) in [5.74, 6) is 0.201. The molecule has 1 aromatic rings. The van der Waals surface area contributed by atoms with Gasteiger partial charge in [-0.3, -0.25) is 9.69 Å². The average molecular weight is 317 g/mol. The third-order valence-electron chi connectivity index (χ3n) is 4.50. The molecule has 0 unspecified atom stereocenters. The maximum absolute atomic E-state index is 12.0. The van der Waals surface area contributed by atoms with E-state index in [4.69, 9.17) is 4.74 Å². The van der Waals surface area contributed by atoms with Gasteiger partial charge in [0.2, 0.25) is 5.91 Å². The molecule has 2 aliphatic heterocycles. The van der Waals surface area contributed by atoms with Gasteiger partial charge in [0.05, 0.1) is 25.7 Å². The molecule has 124 valence electrons. The molecule has 2 saturated heterocycles. The molecule has 3 rings (SSSR count). The van der Waals surface area contributed by atoms with Gasteiger partial charge in [-0.1, -0.05) is 30.3 Å². The lowest BCUT2D eigenvalue weighted by Crippen LogP contribution is -2.56. The van der Waals surface area contributed by atoms with E-state index in [-0.39, 0.29) is 18.0 Å². The van der Waals surface area contributed by atoms with Crippen LogP contribution in [0.2, 0.25) is 0 Å². The van der Waals surface area contributed by atoms with Crippen LogP contribution in [0.3, 0.4) is 0 Å². The zero-order chi connectivity index (χ0) is 16.2. The second-order valence-corrected chi connectivity index (χ2v) is 5.94. The zero-order valence-corrected chi connectivity index (χ0v) is 13.5. The van der Waals surface area contributed by atoms with E-state index >= 15 is 0 Å². The SMILES string of the molecule is CCOC(=O)N1CCN(CN2C(=O)C[C@@H]2c2ccccc2)CC1. The highest BCUT2D eigenvalue weighted by molar-refractivity contribution is 5.83. The minimum Gasteiger partial charge on any atom is -0.450 e. The molecule has 6 heteroatoms. The van der Waals surface area contributed by atoms with Gasteiger partial charge < -0.3 is 14.5 Å². The predicted octanol–water partition coefficient (Wildman–Crippen LogP) is 1.69. The zero-order valence-electron chi connectivity index (χ0n) is 13.5. The number of rotatable bonds is 4. The number of nitrogens with zero attached hydrogens (tertiary/aromatic N) is 3. The van der Waals surface area contributed by atoms with Crippen LogP contribution in [0.25, 0.3) is 0 Å². The molecule has 0 aromatic heterocycles. The van der Waals surface area contributed by atoms with Crippen LogP contribution in [0, 0.1) is 0 Å². The van der Waals surface area contributed by atoms with Crippen LogP contribution in [-0.2, 0) is 9.53 Å². The number of hydrogen-bond acceptors (Lipinski definition) is 4. The van der Waals surface area contributed by atoms with Gasteiger partial charge in [-0.2, -0.15) is 0 Å². The van der Waals surface area contributed by atoms with E-state index < -0.39 is 0 Å². The van der Waals surface area contributed by atoms with E-state index in [0.29, 0.717) is 32.8 Å². The molecule has 6 nitrogen and oxygen atoms in total.